The molecule has 0 radical (unpaired) electrons. The van der Waals surface area contributed by atoms with E-state index in [1.54, 1.807) is 30.4 Å². The molecule has 2 N–H and O–H groups in total. The first-order valence-electron chi connectivity index (χ1n) is 10.2. The lowest BCUT2D eigenvalue weighted by Gasteiger charge is -2.10. The molecule has 3 aromatic carbocycles. The number of hydrogen-bond acceptors (Lipinski definition) is 6. The third-order valence-corrected chi connectivity index (χ3v) is 4.51. The molecule has 32 heavy (non-hydrogen) atoms. The van der Waals surface area contributed by atoms with Gasteiger partial charge in [-0.2, -0.15) is 0 Å². The van der Waals surface area contributed by atoms with E-state index >= 15 is 0 Å². The molecule has 0 aliphatic heterocycles. The highest BCUT2D eigenvalue weighted by atomic mass is 16.5. The summed E-state index contributed by atoms with van der Waals surface area (Å²) >= 11 is 0. The van der Waals surface area contributed by atoms with Crippen LogP contribution in [0.25, 0.3) is 0 Å². The number of aromatic nitrogens is 2. The molecule has 0 amide bonds. The fourth-order valence-electron chi connectivity index (χ4n) is 3.02. The maximum Gasteiger partial charge on any atom is 0.185 e. The van der Waals surface area contributed by atoms with E-state index in [1.165, 1.54) is 6.33 Å². The van der Waals surface area contributed by atoms with Crippen LogP contribution in [0.3, 0.4) is 0 Å². The van der Waals surface area contributed by atoms with Gasteiger partial charge >= 0.3 is 0 Å². The molecule has 158 valence electrons. The number of ether oxygens (including phenoxy) is 1. The van der Waals surface area contributed by atoms with Gasteiger partial charge in [-0.15, -0.1) is 0 Å². The van der Waals surface area contributed by atoms with Crippen molar-refractivity contribution in [2.45, 2.75) is 6.92 Å². The molecule has 0 spiro atoms. The van der Waals surface area contributed by atoms with Crippen LogP contribution in [0, 0.1) is 0 Å². The topological polar surface area (TPSA) is 76.1 Å². The molecule has 0 aliphatic carbocycles. The molecule has 0 saturated carbocycles. The van der Waals surface area contributed by atoms with Crippen molar-refractivity contribution in [3.8, 4) is 11.5 Å². The first kappa shape index (κ1) is 20.8. The Balaban J connectivity index is 1.42. The van der Waals surface area contributed by atoms with Gasteiger partial charge in [0.2, 0.25) is 0 Å². The second-order valence-corrected chi connectivity index (χ2v) is 6.92. The Morgan fingerprint density at radius 1 is 0.781 bits per heavy atom. The fourth-order valence-corrected chi connectivity index (χ4v) is 3.02. The standard InChI is InChI=1S/C26H22N4O2/c1-2-7-24(31)19-8-6-9-21(16-19)30-26-17-25(27-18-28-26)29-20-12-14-23(15-13-20)32-22-10-4-3-5-11-22/h2-18H,1H3,(H2,27,28,29,30)/b7-2+. The van der Waals surface area contributed by atoms with Crippen LogP contribution in [0.5, 0.6) is 11.5 Å². The van der Waals surface area contributed by atoms with Crippen molar-refractivity contribution >= 4 is 28.8 Å². The normalized spacial score (nSPS) is 10.7. The van der Waals surface area contributed by atoms with Crippen LogP contribution >= 0.6 is 0 Å². The number of benzene rings is 3. The number of rotatable bonds is 8. The SMILES string of the molecule is C/C=C/C(=O)c1cccc(Nc2cc(Nc3ccc(Oc4ccccc4)cc3)ncn2)c1. The van der Waals surface area contributed by atoms with Crippen LogP contribution in [-0.2, 0) is 0 Å². The van der Waals surface area contributed by atoms with E-state index in [0.29, 0.717) is 17.2 Å². The van der Waals surface area contributed by atoms with Crippen molar-refractivity contribution in [1.29, 1.82) is 0 Å². The van der Waals surface area contributed by atoms with E-state index in [0.717, 1.165) is 22.9 Å². The summed E-state index contributed by atoms with van der Waals surface area (Å²) in [6, 6.07) is 26.4. The monoisotopic (exact) mass is 422 g/mol. The quantitative estimate of drug-likeness (QED) is 0.249. The van der Waals surface area contributed by atoms with Gasteiger partial charge in [0.05, 0.1) is 0 Å². The highest BCUT2D eigenvalue weighted by molar-refractivity contribution is 6.05. The number of nitrogens with one attached hydrogen (secondary N) is 2. The number of nitrogens with zero attached hydrogens (tertiary/aromatic N) is 2. The lowest BCUT2D eigenvalue weighted by atomic mass is 10.1. The number of carbonyl (C=O) groups excluding carboxylic acids is 1. The highest BCUT2D eigenvalue weighted by Gasteiger charge is 2.05. The van der Waals surface area contributed by atoms with Crippen molar-refractivity contribution in [1.82, 2.24) is 9.97 Å². The third-order valence-electron chi connectivity index (χ3n) is 4.51. The number of allylic oxidation sites excluding steroid dienone is 2. The summed E-state index contributed by atoms with van der Waals surface area (Å²) in [4.78, 5) is 20.6. The van der Waals surface area contributed by atoms with Gasteiger partial charge in [0.1, 0.15) is 29.5 Å². The molecule has 0 aliphatic rings. The van der Waals surface area contributed by atoms with Crippen molar-refractivity contribution in [3.05, 3.63) is 109 Å². The maximum atomic E-state index is 12.1. The summed E-state index contributed by atoms with van der Waals surface area (Å²) in [5.74, 6) is 2.75. The number of carbonyl (C=O) groups is 1. The van der Waals surface area contributed by atoms with Gasteiger partial charge < -0.3 is 15.4 Å². The van der Waals surface area contributed by atoms with E-state index in [9.17, 15) is 4.79 Å². The minimum atomic E-state index is -0.0408. The summed E-state index contributed by atoms with van der Waals surface area (Å²) < 4.78 is 5.82. The molecule has 6 nitrogen and oxygen atoms in total. The molecular formula is C26H22N4O2. The Kier molecular flexibility index (Phi) is 6.53. The average Bonchev–Trinajstić information content (AvgIpc) is 2.82. The highest BCUT2D eigenvalue weighted by Crippen LogP contribution is 2.25. The number of hydrogen-bond donors (Lipinski definition) is 2. The first-order chi connectivity index (χ1) is 15.7. The molecule has 0 atom stereocenters. The second-order valence-electron chi connectivity index (χ2n) is 6.92. The Morgan fingerprint density at radius 2 is 1.47 bits per heavy atom. The van der Waals surface area contributed by atoms with Gasteiger partial charge in [0.25, 0.3) is 0 Å². The molecule has 0 unspecified atom stereocenters. The molecule has 0 fully saturated rings. The molecular weight excluding hydrogens is 400 g/mol. The summed E-state index contributed by atoms with van der Waals surface area (Å²) in [5, 5.41) is 6.47. The Morgan fingerprint density at radius 3 is 2.19 bits per heavy atom. The lowest BCUT2D eigenvalue weighted by molar-refractivity contribution is 0.104. The van der Waals surface area contributed by atoms with E-state index in [-0.39, 0.29) is 5.78 Å². The predicted molar refractivity (Wildman–Crippen MR) is 127 cm³/mol. The second kappa shape index (κ2) is 10.0. The van der Waals surface area contributed by atoms with Crippen molar-refractivity contribution in [3.63, 3.8) is 0 Å². The molecule has 0 saturated heterocycles. The van der Waals surface area contributed by atoms with Gasteiger partial charge in [-0.05, 0) is 61.5 Å². The van der Waals surface area contributed by atoms with Gasteiger partial charge in [-0.1, -0.05) is 36.4 Å². The molecule has 0 bridgehead atoms. The van der Waals surface area contributed by atoms with Crippen molar-refractivity contribution in [2.75, 3.05) is 10.6 Å². The smallest absolute Gasteiger partial charge is 0.185 e. The summed E-state index contributed by atoms with van der Waals surface area (Å²) in [6.45, 7) is 1.82. The van der Waals surface area contributed by atoms with Gasteiger partial charge in [-0.3, -0.25) is 4.79 Å². The Labute approximate surface area is 186 Å². The fraction of sp³-hybridized carbons (Fsp3) is 0.0385. The summed E-state index contributed by atoms with van der Waals surface area (Å²) in [7, 11) is 0. The summed E-state index contributed by atoms with van der Waals surface area (Å²) in [6.07, 6.45) is 4.75. The molecule has 6 heteroatoms. The van der Waals surface area contributed by atoms with E-state index in [1.807, 2.05) is 73.7 Å². The van der Waals surface area contributed by atoms with E-state index < -0.39 is 0 Å². The predicted octanol–water partition coefficient (Wildman–Crippen LogP) is 6.51. The Bertz CT molecular complexity index is 1220. The van der Waals surface area contributed by atoms with Gasteiger partial charge in [0.15, 0.2) is 5.78 Å². The molecule has 1 heterocycles. The number of para-hydroxylation sites is 1. The van der Waals surface area contributed by atoms with Crippen LogP contribution in [-0.4, -0.2) is 15.8 Å². The summed E-state index contributed by atoms with van der Waals surface area (Å²) in [5.41, 5.74) is 2.25. The molecule has 1 aromatic heterocycles. The van der Waals surface area contributed by atoms with Gasteiger partial charge in [-0.25, -0.2) is 9.97 Å². The number of anilines is 4. The minimum Gasteiger partial charge on any atom is -0.457 e. The first-order valence-corrected chi connectivity index (χ1v) is 10.2. The lowest BCUT2D eigenvalue weighted by Crippen LogP contribution is -2.00. The molecule has 4 rings (SSSR count). The van der Waals surface area contributed by atoms with Crippen LogP contribution in [0.4, 0.5) is 23.0 Å². The zero-order chi connectivity index (χ0) is 22.2. The maximum absolute atomic E-state index is 12.1. The van der Waals surface area contributed by atoms with Crippen LogP contribution in [0.2, 0.25) is 0 Å². The largest absolute Gasteiger partial charge is 0.457 e. The van der Waals surface area contributed by atoms with E-state index in [4.69, 9.17) is 4.74 Å². The zero-order valence-electron chi connectivity index (χ0n) is 17.5. The van der Waals surface area contributed by atoms with Crippen LogP contribution in [0.15, 0.2) is 103 Å². The van der Waals surface area contributed by atoms with E-state index in [2.05, 4.69) is 20.6 Å². The van der Waals surface area contributed by atoms with Crippen molar-refractivity contribution < 1.29 is 9.53 Å². The average molecular weight is 422 g/mol. The Hall–Kier alpha value is -4.45. The minimum absolute atomic E-state index is 0.0408. The zero-order valence-corrected chi connectivity index (χ0v) is 17.5. The third kappa shape index (κ3) is 5.58. The van der Waals surface area contributed by atoms with Gasteiger partial charge in [0, 0.05) is 23.0 Å². The van der Waals surface area contributed by atoms with Crippen molar-refractivity contribution in [2.24, 2.45) is 0 Å². The van der Waals surface area contributed by atoms with Crippen LogP contribution < -0.4 is 15.4 Å². The number of ketones is 1. The molecule has 4 aromatic rings. The van der Waals surface area contributed by atoms with Crippen LogP contribution in [0.1, 0.15) is 17.3 Å².